The molecule has 2 aliphatic heterocycles. The van der Waals surface area contributed by atoms with E-state index in [1.54, 1.807) is 17.6 Å². The lowest BCUT2D eigenvalue weighted by Crippen LogP contribution is -2.27. The van der Waals surface area contributed by atoms with Gasteiger partial charge in [-0.1, -0.05) is 6.07 Å². The number of aromatic nitrogens is 1. The first-order chi connectivity index (χ1) is 10.9. The smallest absolute Gasteiger partial charge is 0.124 e. The topological polar surface area (TPSA) is 37.4 Å². The van der Waals surface area contributed by atoms with Crippen LogP contribution in [0.3, 0.4) is 0 Å². The van der Waals surface area contributed by atoms with E-state index in [-0.39, 0.29) is 0 Å². The van der Waals surface area contributed by atoms with E-state index in [1.165, 1.54) is 16.8 Å². The highest BCUT2D eigenvalue weighted by atomic mass is 32.1. The molecule has 1 aromatic heterocycles. The molecular weight excluding hydrogens is 294 g/mol. The van der Waals surface area contributed by atoms with Gasteiger partial charge in [0.25, 0.3) is 0 Å². The first-order valence-corrected chi connectivity index (χ1v) is 8.56. The predicted octanol–water partition coefficient (Wildman–Crippen LogP) is 3.02. The van der Waals surface area contributed by atoms with Crippen molar-refractivity contribution >= 4 is 32.8 Å². The van der Waals surface area contributed by atoms with Crippen molar-refractivity contribution in [2.24, 2.45) is 0 Å². The molecule has 0 bridgehead atoms. The van der Waals surface area contributed by atoms with Crippen molar-refractivity contribution < 1.29 is 4.74 Å². The van der Waals surface area contributed by atoms with Crippen LogP contribution in [0.4, 0.5) is 5.69 Å². The summed E-state index contributed by atoms with van der Waals surface area (Å²) in [6, 6.07) is 6.45. The van der Waals surface area contributed by atoms with E-state index in [0.717, 1.165) is 42.3 Å². The minimum Gasteiger partial charge on any atom is -0.496 e. The van der Waals surface area contributed by atoms with Crippen molar-refractivity contribution in [1.29, 1.82) is 0 Å². The second-order valence-corrected chi connectivity index (χ2v) is 6.57. The number of ether oxygens (including phenoxy) is 1. The van der Waals surface area contributed by atoms with Crippen molar-refractivity contribution in [3.8, 4) is 0 Å². The molecule has 4 nitrogen and oxygen atoms in total. The lowest BCUT2D eigenvalue weighted by atomic mass is 10.2. The Kier molecular flexibility index (Phi) is 3.83. The van der Waals surface area contributed by atoms with Gasteiger partial charge >= 0.3 is 0 Å². The summed E-state index contributed by atoms with van der Waals surface area (Å²) in [5.41, 5.74) is 3.56. The van der Waals surface area contributed by atoms with Gasteiger partial charge in [0.15, 0.2) is 0 Å². The zero-order chi connectivity index (χ0) is 14.8. The molecule has 0 unspecified atom stereocenters. The van der Waals surface area contributed by atoms with Gasteiger partial charge in [0.2, 0.25) is 0 Å². The number of anilines is 1. The van der Waals surface area contributed by atoms with Crippen LogP contribution in [0.1, 0.15) is 11.4 Å². The van der Waals surface area contributed by atoms with Crippen LogP contribution >= 0.6 is 11.3 Å². The van der Waals surface area contributed by atoms with Gasteiger partial charge in [-0.15, -0.1) is 11.3 Å². The molecule has 4 rings (SSSR count). The molecule has 1 aromatic carbocycles. The molecule has 0 aliphatic carbocycles. The standard InChI is InChI=1S/C17H19N3OS/c1-5-14-16(15(6-1)20-9-3-7-18-8-10-20)22-17(19-14)13-4-2-11-21-12-13/h1-2,4-6,11,18H,3,7-10,12H2. The fourth-order valence-corrected chi connectivity index (χ4v) is 4.05. The maximum atomic E-state index is 5.39. The highest BCUT2D eigenvalue weighted by molar-refractivity contribution is 7.20. The van der Waals surface area contributed by atoms with Gasteiger partial charge in [-0.3, -0.25) is 0 Å². The van der Waals surface area contributed by atoms with Gasteiger partial charge in [0.05, 0.1) is 22.2 Å². The molecule has 1 saturated heterocycles. The summed E-state index contributed by atoms with van der Waals surface area (Å²) >= 11 is 1.78. The molecule has 1 N–H and O–H groups in total. The molecule has 1 fully saturated rings. The lowest BCUT2D eigenvalue weighted by molar-refractivity contribution is 0.293. The molecule has 0 spiro atoms. The number of thiazole rings is 1. The van der Waals surface area contributed by atoms with E-state index < -0.39 is 0 Å². The molecule has 3 heterocycles. The molecule has 0 atom stereocenters. The van der Waals surface area contributed by atoms with Crippen molar-refractivity contribution in [2.45, 2.75) is 6.42 Å². The largest absolute Gasteiger partial charge is 0.496 e. The number of benzene rings is 1. The normalized spacial score (nSPS) is 18.9. The molecule has 5 heteroatoms. The lowest BCUT2D eigenvalue weighted by Gasteiger charge is -2.22. The van der Waals surface area contributed by atoms with Crippen LogP contribution in [0, 0.1) is 0 Å². The van der Waals surface area contributed by atoms with Crippen LogP contribution in [0.2, 0.25) is 0 Å². The number of hydrogen-bond acceptors (Lipinski definition) is 5. The molecule has 2 aliphatic rings. The molecule has 22 heavy (non-hydrogen) atoms. The van der Waals surface area contributed by atoms with E-state index in [9.17, 15) is 0 Å². The molecule has 0 radical (unpaired) electrons. The molecular formula is C17H19N3OS. The van der Waals surface area contributed by atoms with Gasteiger partial charge in [0, 0.05) is 25.2 Å². The van der Waals surface area contributed by atoms with E-state index >= 15 is 0 Å². The van der Waals surface area contributed by atoms with Gasteiger partial charge in [0.1, 0.15) is 11.6 Å². The quantitative estimate of drug-likeness (QED) is 0.925. The van der Waals surface area contributed by atoms with Gasteiger partial charge in [-0.2, -0.15) is 0 Å². The monoisotopic (exact) mass is 313 g/mol. The highest BCUT2D eigenvalue weighted by Crippen LogP contribution is 2.35. The van der Waals surface area contributed by atoms with Crippen LogP contribution in [-0.4, -0.2) is 37.8 Å². The number of nitrogens with zero attached hydrogens (tertiary/aromatic N) is 2. The summed E-state index contributed by atoms with van der Waals surface area (Å²) in [5.74, 6) is 0. The van der Waals surface area contributed by atoms with Crippen LogP contribution < -0.4 is 10.2 Å². The molecule has 2 aromatic rings. The fourth-order valence-electron chi connectivity index (χ4n) is 2.94. The van der Waals surface area contributed by atoms with E-state index in [4.69, 9.17) is 9.72 Å². The third-order valence-corrected chi connectivity index (χ3v) is 5.23. The number of hydrogen-bond donors (Lipinski definition) is 1. The zero-order valence-electron chi connectivity index (χ0n) is 12.4. The SMILES string of the molecule is C1=COCC(c2nc3cccc(N4CCCNCC4)c3s2)=C1. The van der Waals surface area contributed by atoms with E-state index in [2.05, 4.69) is 34.5 Å². The molecule has 0 saturated carbocycles. The number of rotatable bonds is 2. The van der Waals surface area contributed by atoms with Crippen molar-refractivity contribution in [3.05, 3.63) is 41.6 Å². The first-order valence-electron chi connectivity index (χ1n) is 7.75. The second kappa shape index (κ2) is 6.10. The van der Waals surface area contributed by atoms with Gasteiger partial charge in [-0.05, 0) is 37.3 Å². The molecule has 0 amide bonds. The number of fused-ring (bicyclic) bond motifs is 1. The van der Waals surface area contributed by atoms with Crippen LogP contribution in [0.25, 0.3) is 15.8 Å². The maximum Gasteiger partial charge on any atom is 0.124 e. The van der Waals surface area contributed by atoms with Crippen molar-refractivity contribution in [3.63, 3.8) is 0 Å². The van der Waals surface area contributed by atoms with E-state index in [1.807, 2.05) is 6.08 Å². The predicted molar refractivity (Wildman–Crippen MR) is 92.4 cm³/mol. The summed E-state index contributed by atoms with van der Waals surface area (Å²) in [6.07, 6.45) is 6.95. The Balaban J connectivity index is 1.74. The van der Waals surface area contributed by atoms with Crippen molar-refractivity contribution in [2.75, 3.05) is 37.7 Å². The summed E-state index contributed by atoms with van der Waals surface area (Å²) in [6.45, 7) is 4.93. The second-order valence-electron chi connectivity index (χ2n) is 5.57. The Morgan fingerprint density at radius 2 is 2.23 bits per heavy atom. The number of allylic oxidation sites excluding steroid dienone is 2. The van der Waals surface area contributed by atoms with Gasteiger partial charge in [-0.25, -0.2) is 4.98 Å². The maximum absolute atomic E-state index is 5.39. The Hall–Kier alpha value is -1.85. The minimum atomic E-state index is 0.610. The van der Waals surface area contributed by atoms with Crippen LogP contribution in [0.15, 0.2) is 36.6 Å². The van der Waals surface area contributed by atoms with Crippen LogP contribution in [0.5, 0.6) is 0 Å². The summed E-state index contributed by atoms with van der Waals surface area (Å²) in [7, 11) is 0. The zero-order valence-corrected chi connectivity index (χ0v) is 13.2. The summed E-state index contributed by atoms with van der Waals surface area (Å²) in [4.78, 5) is 7.29. The Morgan fingerprint density at radius 1 is 1.23 bits per heavy atom. The summed E-state index contributed by atoms with van der Waals surface area (Å²) in [5, 5.41) is 4.53. The summed E-state index contributed by atoms with van der Waals surface area (Å²) < 4.78 is 6.68. The Bertz CT molecular complexity index is 727. The fraction of sp³-hybridized carbons (Fsp3) is 0.353. The average Bonchev–Trinajstić information content (AvgIpc) is 2.83. The van der Waals surface area contributed by atoms with Gasteiger partial charge < -0.3 is 15.0 Å². The van der Waals surface area contributed by atoms with Crippen LogP contribution in [-0.2, 0) is 4.74 Å². The first kappa shape index (κ1) is 13.8. The third-order valence-electron chi connectivity index (χ3n) is 4.06. The minimum absolute atomic E-state index is 0.610. The molecule has 114 valence electrons. The average molecular weight is 313 g/mol. The Labute approximate surface area is 134 Å². The third kappa shape index (κ3) is 2.62. The number of nitrogens with one attached hydrogen (secondary N) is 1. The van der Waals surface area contributed by atoms with E-state index in [0.29, 0.717) is 6.61 Å². The Morgan fingerprint density at radius 3 is 3.14 bits per heavy atom. The highest BCUT2D eigenvalue weighted by Gasteiger charge is 2.17. The van der Waals surface area contributed by atoms with Crippen molar-refractivity contribution in [1.82, 2.24) is 10.3 Å².